The summed E-state index contributed by atoms with van der Waals surface area (Å²) in [5.74, 6) is 0.540. The number of rotatable bonds is 10. The number of nitrogens with one attached hydrogen (secondary N) is 2. The molecule has 3 rings (SSSR count). The Balaban J connectivity index is 1.74. The number of nitrogens with zero attached hydrogens (tertiary/aromatic N) is 1. The van der Waals surface area contributed by atoms with Crippen LogP contribution < -0.4 is 23.8 Å². The van der Waals surface area contributed by atoms with Crippen molar-refractivity contribution >= 4 is 43.0 Å². The van der Waals surface area contributed by atoms with E-state index in [0.29, 0.717) is 28.6 Å². The average molecular weight is 534 g/mol. The van der Waals surface area contributed by atoms with Crippen molar-refractivity contribution < 1.29 is 31.1 Å². The zero-order valence-corrected chi connectivity index (χ0v) is 21.8. The molecule has 0 radical (unpaired) electrons. The lowest BCUT2D eigenvalue weighted by Crippen LogP contribution is -2.45. The second kappa shape index (κ2) is 10.9. The maximum absolute atomic E-state index is 12.9. The summed E-state index contributed by atoms with van der Waals surface area (Å²) in [6.07, 6.45) is 1.01. The van der Waals surface area contributed by atoms with Gasteiger partial charge in [0.05, 0.1) is 31.1 Å². The summed E-state index contributed by atoms with van der Waals surface area (Å²) in [6, 6.07) is 17.1. The lowest BCUT2D eigenvalue weighted by atomic mass is 10.2. The third-order valence-corrected chi connectivity index (χ3v) is 7.83. The van der Waals surface area contributed by atoms with Crippen molar-refractivity contribution in [1.82, 2.24) is 0 Å². The molecule has 0 saturated heterocycles. The van der Waals surface area contributed by atoms with Crippen LogP contribution in [0.25, 0.3) is 0 Å². The first-order valence-electron chi connectivity index (χ1n) is 10.7. The molecule has 0 spiro atoms. The third-order valence-electron chi connectivity index (χ3n) is 5.19. The van der Waals surface area contributed by atoms with E-state index in [4.69, 9.17) is 9.47 Å². The number of amides is 1. The molecule has 0 saturated carbocycles. The largest absolute Gasteiger partial charge is 0.497 e. The van der Waals surface area contributed by atoms with E-state index in [1.54, 1.807) is 48.5 Å². The molecule has 0 fully saturated rings. The minimum absolute atomic E-state index is 0.0136. The molecule has 10 nitrogen and oxygen atoms in total. The lowest BCUT2D eigenvalue weighted by Gasteiger charge is -2.28. The van der Waals surface area contributed by atoms with E-state index in [9.17, 15) is 21.6 Å². The minimum atomic E-state index is -3.87. The standard InChI is InChI=1S/C24H27N3O7S2/c1-17(27(35(4,29)30)20-9-13-22(34-3)14-10-20)24(28)25-18-7-15-23(16-8-18)36(31,32)26-19-5-11-21(33-2)12-6-19/h5-17,26H,1-4H3,(H,25,28). The number of carbonyl (C=O) groups is 1. The average Bonchev–Trinajstić information content (AvgIpc) is 2.84. The fourth-order valence-electron chi connectivity index (χ4n) is 3.38. The quantitative estimate of drug-likeness (QED) is 0.409. The van der Waals surface area contributed by atoms with Crippen LogP contribution in [-0.4, -0.2) is 49.3 Å². The molecule has 0 aliphatic carbocycles. The summed E-state index contributed by atoms with van der Waals surface area (Å²) in [4.78, 5) is 12.9. The van der Waals surface area contributed by atoms with Crippen LogP contribution in [0.15, 0.2) is 77.7 Å². The molecule has 1 atom stereocenters. The second-order valence-corrected chi connectivity index (χ2v) is 11.3. The van der Waals surface area contributed by atoms with Crippen LogP contribution >= 0.6 is 0 Å². The number of anilines is 3. The highest BCUT2D eigenvalue weighted by Crippen LogP contribution is 2.25. The van der Waals surface area contributed by atoms with Gasteiger partial charge in [-0.05, 0) is 79.7 Å². The normalized spacial score (nSPS) is 12.3. The van der Waals surface area contributed by atoms with E-state index in [1.807, 2.05) is 0 Å². The van der Waals surface area contributed by atoms with Crippen molar-refractivity contribution in [2.75, 3.05) is 34.8 Å². The van der Waals surface area contributed by atoms with Crippen molar-refractivity contribution in [2.24, 2.45) is 0 Å². The van der Waals surface area contributed by atoms with Gasteiger partial charge in [-0.3, -0.25) is 13.8 Å². The number of methoxy groups -OCH3 is 2. The van der Waals surface area contributed by atoms with E-state index < -0.39 is 32.0 Å². The van der Waals surface area contributed by atoms with Crippen molar-refractivity contribution in [3.05, 3.63) is 72.8 Å². The summed E-state index contributed by atoms with van der Waals surface area (Å²) < 4.78 is 63.9. The van der Waals surface area contributed by atoms with Gasteiger partial charge < -0.3 is 14.8 Å². The Morgan fingerprint density at radius 1 is 0.778 bits per heavy atom. The Hall–Kier alpha value is -3.77. The molecule has 1 amide bonds. The van der Waals surface area contributed by atoms with Crippen LogP contribution in [0.3, 0.4) is 0 Å². The van der Waals surface area contributed by atoms with Crippen LogP contribution in [0.1, 0.15) is 6.92 Å². The Morgan fingerprint density at radius 3 is 1.72 bits per heavy atom. The van der Waals surface area contributed by atoms with Gasteiger partial charge in [0, 0.05) is 11.4 Å². The maximum atomic E-state index is 12.9. The van der Waals surface area contributed by atoms with Gasteiger partial charge >= 0.3 is 0 Å². The molecule has 0 heterocycles. The molecule has 0 aromatic heterocycles. The zero-order valence-electron chi connectivity index (χ0n) is 20.1. The van der Waals surface area contributed by atoms with Gasteiger partial charge in [-0.15, -0.1) is 0 Å². The van der Waals surface area contributed by atoms with Gasteiger partial charge in [-0.2, -0.15) is 0 Å². The first-order valence-corrected chi connectivity index (χ1v) is 14.0. The van der Waals surface area contributed by atoms with E-state index in [-0.39, 0.29) is 4.90 Å². The van der Waals surface area contributed by atoms with Gasteiger partial charge in [0.1, 0.15) is 17.5 Å². The van der Waals surface area contributed by atoms with Crippen molar-refractivity contribution in [3.8, 4) is 11.5 Å². The molecule has 0 aliphatic rings. The summed E-state index contributed by atoms with van der Waals surface area (Å²) in [5, 5.41) is 2.63. The molecule has 3 aromatic carbocycles. The molecule has 0 bridgehead atoms. The summed E-state index contributed by atoms with van der Waals surface area (Å²) >= 11 is 0. The van der Waals surface area contributed by atoms with Crippen molar-refractivity contribution in [2.45, 2.75) is 17.9 Å². The number of benzene rings is 3. The third kappa shape index (κ3) is 6.46. The van der Waals surface area contributed by atoms with Crippen LogP contribution in [0.2, 0.25) is 0 Å². The molecule has 3 aromatic rings. The fraction of sp³-hybridized carbons (Fsp3) is 0.208. The summed E-state index contributed by atoms with van der Waals surface area (Å²) in [6.45, 7) is 1.46. The molecule has 1 unspecified atom stereocenters. The highest BCUT2D eigenvalue weighted by atomic mass is 32.2. The highest BCUT2D eigenvalue weighted by Gasteiger charge is 2.29. The van der Waals surface area contributed by atoms with Gasteiger partial charge in [0.2, 0.25) is 15.9 Å². The number of sulfonamides is 2. The number of hydrogen-bond donors (Lipinski definition) is 2. The smallest absolute Gasteiger partial charge is 0.261 e. The van der Waals surface area contributed by atoms with E-state index in [0.717, 1.165) is 10.6 Å². The van der Waals surface area contributed by atoms with Crippen molar-refractivity contribution in [3.63, 3.8) is 0 Å². The number of ether oxygens (including phenoxy) is 2. The van der Waals surface area contributed by atoms with Gasteiger partial charge in [-0.25, -0.2) is 16.8 Å². The van der Waals surface area contributed by atoms with Gasteiger partial charge in [-0.1, -0.05) is 0 Å². The maximum Gasteiger partial charge on any atom is 0.261 e. The first-order chi connectivity index (χ1) is 16.9. The summed E-state index contributed by atoms with van der Waals surface area (Å²) in [5.41, 5.74) is 0.965. The van der Waals surface area contributed by atoms with E-state index in [1.165, 1.54) is 45.4 Å². The lowest BCUT2D eigenvalue weighted by molar-refractivity contribution is -0.116. The molecule has 12 heteroatoms. The Labute approximate surface area is 211 Å². The van der Waals surface area contributed by atoms with Crippen LogP contribution in [0.4, 0.5) is 17.1 Å². The molecular weight excluding hydrogens is 506 g/mol. The number of hydrogen-bond acceptors (Lipinski definition) is 7. The Bertz CT molecular complexity index is 1410. The monoisotopic (exact) mass is 533 g/mol. The molecular formula is C24H27N3O7S2. The van der Waals surface area contributed by atoms with E-state index in [2.05, 4.69) is 10.0 Å². The Morgan fingerprint density at radius 2 is 1.25 bits per heavy atom. The zero-order chi connectivity index (χ0) is 26.5. The summed E-state index contributed by atoms with van der Waals surface area (Å²) in [7, 11) is -4.67. The van der Waals surface area contributed by atoms with Crippen LogP contribution in [0, 0.1) is 0 Å². The van der Waals surface area contributed by atoms with Crippen LogP contribution in [-0.2, 0) is 24.8 Å². The van der Waals surface area contributed by atoms with E-state index >= 15 is 0 Å². The van der Waals surface area contributed by atoms with Crippen molar-refractivity contribution in [1.29, 1.82) is 0 Å². The topological polar surface area (TPSA) is 131 Å². The Kier molecular flexibility index (Phi) is 8.10. The van der Waals surface area contributed by atoms with Gasteiger partial charge in [0.15, 0.2) is 0 Å². The molecule has 2 N–H and O–H groups in total. The van der Waals surface area contributed by atoms with Gasteiger partial charge in [0.25, 0.3) is 10.0 Å². The second-order valence-electron chi connectivity index (χ2n) is 7.78. The minimum Gasteiger partial charge on any atom is -0.497 e. The molecule has 0 aliphatic heterocycles. The fourth-order valence-corrected chi connectivity index (χ4v) is 5.61. The highest BCUT2D eigenvalue weighted by molar-refractivity contribution is 7.92. The SMILES string of the molecule is COc1ccc(NS(=O)(=O)c2ccc(NC(=O)C(C)N(c3ccc(OC)cc3)S(C)(=O)=O)cc2)cc1. The molecule has 36 heavy (non-hydrogen) atoms. The van der Waals surface area contributed by atoms with Crippen LogP contribution in [0.5, 0.6) is 11.5 Å². The first kappa shape index (κ1) is 26.8. The molecule has 192 valence electrons. The predicted octanol–water partition coefficient (Wildman–Crippen LogP) is 3.30. The predicted molar refractivity (Wildman–Crippen MR) is 139 cm³/mol. The number of carbonyl (C=O) groups excluding carboxylic acids is 1.